The highest BCUT2D eigenvalue weighted by atomic mass is 14.2. The molecule has 0 N–H and O–H groups in total. The minimum atomic E-state index is 1.36. The summed E-state index contributed by atoms with van der Waals surface area (Å²) in [6.45, 7) is 22.7. The first kappa shape index (κ1) is 20.4. The molecule has 0 heterocycles. The maximum absolute atomic E-state index is 2.31. The summed E-state index contributed by atoms with van der Waals surface area (Å²) in [4.78, 5) is 0. The Morgan fingerprint density at radius 1 is 0.321 bits per heavy atom. The molecule has 0 nitrogen and oxygen atoms in total. The number of rotatable bonds is 2. The molecule has 0 unspecified atom stereocenters. The average Bonchev–Trinajstić information content (AvgIpc) is 2.69. The van der Waals surface area contributed by atoms with E-state index in [0.717, 1.165) is 0 Å². The van der Waals surface area contributed by atoms with E-state index < -0.39 is 0 Å². The second-order valence-electron chi connectivity index (χ2n) is 8.55. The maximum Gasteiger partial charge on any atom is -0.00997 e. The summed E-state index contributed by atoms with van der Waals surface area (Å²) in [5.41, 5.74) is 19.7. The van der Waals surface area contributed by atoms with Crippen LogP contribution in [0.3, 0.4) is 0 Å². The van der Waals surface area contributed by atoms with Gasteiger partial charge in [-0.25, -0.2) is 0 Å². The summed E-state index contributed by atoms with van der Waals surface area (Å²) in [5.74, 6) is 0. The first-order chi connectivity index (χ1) is 13.1. The molecule has 3 aromatic rings. The maximum atomic E-state index is 2.31. The molecule has 0 amide bonds. The van der Waals surface area contributed by atoms with Crippen molar-refractivity contribution in [1.82, 2.24) is 0 Å². The van der Waals surface area contributed by atoms with Gasteiger partial charge in [-0.2, -0.15) is 0 Å². The number of hydrogen-bond acceptors (Lipinski definition) is 0. The number of benzene rings is 3. The van der Waals surface area contributed by atoms with E-state index in [1.807, 2.05) is 0 Å². The fourth-order valence-corrected chi connectivity index (χ4v) is 4.73. The van der Waals surface area contributed by atoms with Crippen LogP contribution >= 0.6 is 0 Å². The van der Waals surface area contributed by atoms with Crippen LogP contribution in [0.5, 0.6) is 0 Å². The van der Waals surface area contributed by atoms with Crippen LogP contribution < -0.4 is 0 Å². The Labute approximate surface area is 171 Å². The molecule has 0 saturated carbocycles. The Morgan fingerprint density at radius 2 is 0.536 bits per heavy atom. The minimum Gasteiger partial charge on any atom is -0.0616 e. The van der Waals surface area contributed by atoms with Gasteiger partial charge in [0.15, 0.2) is 0 Å². The molecule has 0 atom stereocenters. The predicted molar refractivity (Wildman–Crippen MR) is 125 cm³/mol. The Balaban J connectivity index is 2.46. The summed E-state index contributed by atoms with van der Waals surface area (Å²) in [6, 6.07) is 8.98. The van der Waals surface area contributed by atoms with E-state index in [1.54, 1.807) is 0 Å². The first-order valence-electron chi connectivity index (χ1n) is 10.3. The van der Waals surface area contributed by atoms with Crippen molar-refractivity contribution >= 4 is 0 Å². The van der Waals surface area contributed by atoms with Crippen molar-refractivity contribution in [3.05, 3.63) is 79.9 Å². The lowest BCUT2D eigenvalue weighted by Crippen LogP contribution is -2.03. The molecule has 0 bridgehead atoms. The third-order valence-corrected chi connectivity index (χ3v) is 7.47. The molecular formula is C28H34. The van der Waals surface area contributed by atoms with Gasteiger partial charge in [0.25, 0.3) is 0 Å². The summed E-state index contributed by atoms with van der Waals surface area (Å²) in [6.07, 6.45) is 0. The average molecular weight is 371 g/mol. The summed E-state index contributed by atoms with van der Waals surface area (Å²) in [7, 11) is 0. The molecule has 0 spiro atoms. The largest absolute Gasteiger partial charge is 0.0616 e. The van der Waals surface area contributed by atoms with Gasteiger partial charge >= 0.3 is 0 Å². The SMILES string of the molecule is Cc1c(C)c(C)c(-c2ccccc2-c2c(C)c(C)c(C)c(C)c2C)c(C)c1C. The molecule has 0 radical (unpaired) electrons. The zero-order valence-corrected chi connectivity index (χ0v) is 19.3. The molecule has 146 valence electrons. The van der Waals surface area contributed by atoms with Crippen LogP contribution in [0.15, 0.2) is 24.3 Å². The van der Waals surface area contributed by atoms with Crippen LogP contribution in [0.1, 0.15) is 55.6 Å². The zero-order valence-electron chi connectivity index (χ0n) is 19.3. The van der Waals surface area contributed by atoms with Crippen molar-refractivity contribution in [1.29, 1.82) is 0 Å². The molecule has 0 saturated heterocycles. The van der Waals surface area contributed by atoms with E-state index in [2.05, 4.69) is 93.5 Å². The lowest BCUT2D eigenvalue weighted by molar-refractivity contribution is 1.17. The van der Waals surface area contributed by atoms with Crippen molar-refractivity contribution in [2.24, 2.45) is 0 Å². The monoisotopic (exact) mass is 370 g/mol. The highest BCUT2D eigenvalue weighted by molar-refractivity contribution is 5.90. The van der Waals surface area contributed by atoms with Crippen LogP contribution in [-0.4, -0.2) is 0 Å². The van der Waals surface area contributed by atoms with Crippen molar-refractivity contribution < 1.29 is 0 Å². The topological polar surface area (TPSA) is 0 Å². The second kappa shape index (κ2) is 7.24. The fraction of sp³-hybridized carbons (Fsp3) is 0.357. The van der Waals surface area contributed by atoms with Crippen LogP contribution in [0.2, 0.25) is 0 Å². The van der Waals surface area contributed by atoms with Gasteiger partial charge in [0.05, 0.1) is 0 Å². The van der Waals surface area contributed by atoms with Crippen LogP contribution in [0.25, 0.3) is 22.3 Å². The van der Waals surface area contributed by atoms with Crippen LogP contribution in [0, 0.1) is 69.2 Å². The molecule has 0 aliphatic rings. The first-order valence-corrected chi connectivity index (χ1v) is 10.3. The second-order valence-corrected chi connectivity index (χ2v) is 8.55. The summed E-state index contributed by atoms with van der Waals surface area (Å²) >= 11 is 0. The van der Waals surface area contributed by atoms with Gasteiger partial charge in [-0.3, -0.25) is 0 Å². The Morgan fingerprint density at radius 3 is 0.786 bits per heavy atom. The van der Waals surface area contributed by atoms with E-state index in [-0.39, 0.29) is 0 Å². The van der Waals surface area contributed by atoms with Crippen molar-refractivity contribution in [2.75, 3.05) is 0 Å². The van der Waals surface area contributed by atoms with Gasteiger partial charge in [-0.05, 0) is 147 Å². The van der Waals surface area contributed by atoms with Gasteiger partial charge in [0.1, 0.15) is 0 Å². The third-order valence-electron chi connectivity index (χ3n) is 7.47. The van der Waals surface area contributed by atoms with Gasteiger partial charge in [-0.15, -0.1) is 0 Å². The van der Waals surface area contributed by atoms with E-state index in [9.17, 15) is 0 Å². The summed E-state index contributed by atoms with van der Waals surface area (Å²) in [5, 5.41) is 0. The number of hydrogen-bond donors (Lipinski definition) is 0. The normalized spacial score (nSPS) is 11.2. The quantitative estimate of drug-likeness (QED) is 0.427. The van der Waals surface area contributed by atoms with Crippen molar-refractivity contribution in [3.8, 4) is 22.3 Å². The lowest BCUT2D eigenvalue weighted by atomic mass is 9.80. The van der Waals surface area contributed by atoms with Crippen LogP contribution in [-0.2, 0) is 0 Å². The Bertz CT molecular complexity index is 947. The van der Waals surface area contributed by atoms with Crippen molar-refractivity contribution in [2.45, 2.75) is 69.2 Å². The molecule has 0 aromatic heterocycles. The third kappa shape index (κ3) is 2.91. The standard InChI is InChI=1S/C28H34/c1-15-17(3)21(7)27(22(8)18(15)4)25-13-11-12-14-26(25)28-23(9)19(5)16(2)20(6)24(28)10/h11-14H,1-10H3. The molecule has 3 aromatic carbocycles. The highest BCUT2D eigenvalue weighted by Gasteiger charge is 2.20. The molecule has 28 heavy (non-hydrogen) atoms. The minimum absolute atomic E-state index is 1.36. The predicted octanol–water partition coefficient (Wildman–Crippen LogP) is 8.10. The van der Waals surface area contributed by atoms with Gasteiger partial charge in [0, 0.05) is 0 Å². The van der Waals surface area contributed by atoms with Gasteiger partial charge < -0.3 is 0 Å². The molecule has 0 aliphatic heterocycles. The van der Waals surface area contributed by atoms with E-state index in [4.69, 9.17) is 0 Å². The fourth-order valence-electron chi connectivity index (χ4n) is 4.73. The smallest absolute Gasteiger partial charge is 0.00997 e. The Hall–Kier alpha value is -2.34. The molecule has 3 rings (SSSR count). The zero-order chi connectivity index (χ0) is 20.9. The Kier molecular flexibility index (Phi) is 5.28. The highest BCUT2D eigenvalue weighted by Crippen LogP contribution is 2.42. The van der Waals surface area contributed by atoms with E-state index >= 15 is 0 Å². The molecular weight excluding hydrogens is 336 g/mol. The lowest BCUT2D eigenvalue weighted by Gasteiger charge is -2.24. The van der Waals surface area contributed by atoms with E-state index in [0.29, 0.717) is 0 Å². The molecule has 0 heteroatoms. The summed E-state index contributed by atoms with van der Waals surface area (Å²) < 4.78 is 0. The van der Waals surface area contributed by atoms with Crippen LogP contribution in [0.4, 0.5) is 0 Å². The molecule has 0 aliphatic carbocycles. The molecule has 0 fully saturated rings. The van der Waals surface area contributed by atoms with E-state index in [1.165, 1.54) is 77.9 Å². The van der Waals surface area contributed by atoms with Gasteiger partial charge in [0.2, 0.25) is 0 Å². The van der Waals surface area contributed by atoms with Gasteiger partial charge in [-0.1, -0.05) is 24.3 Å². The van der Waals surface area contributed by atoms with Crippen molar-refractivity contribution in [3.63, 3.8) is 0 Å².